The second-order valence-electron chi connectivity index (χ2n) is 4.96. The minimum Gasteiger partial charge on any atom is -0.493 e. The zero-order valence-corrected chi connectivity index (χ0v) is 12.5. The Morgan fingerprint density at radius 1 is 1.30 bits per heavy atom. The molecular weight excluding hydrogens is 285 g/mol. The van der Waals surface area contributed by atoms with Crippen LogP contribution in [0.25, 0.3) is 0 Å². The van der Waals surface area contributed by atoms with E-state index in [4.69, 9.17) is 9.47 Å². The summed E-state index contributed by atoms with van der Waals surface area (Å²) in [7, 11) is -1.16. The largest absolute Gasteiger partial charge is 0.493 e. The van der Waals surface area contributed by atoms with Crippen molar-refractivity contribution in [3.05, 3.63) is 17.9 Å². The molecule has 1 aliphatic carbocycles. The molecule has 112 valence electrons. The lowest BCUT2D eigenvalue weighted by molar-refractivity contribution is 0.350. The average molecular weight is 303 g/mol. The molecule has 1 N–H and O–H groups in total. The molecule has 1 aliphatic rings. The van der Waals surface area contributed by atoms with Crippen LogP contribution in [0, 0.1) is 17.7 Å². The van der Waals surface area contributed by atoms with E-state index in [9.17, 15) is 12.8 Å². The Kier molecular flexibility index (Phi) is 4.19. The summed E-state index contributed by atoms with van der Waals surface area (Å²) in [4.78, 5) is -0.427. The van der Waals surface area contributed by atoms with Crippen molar-refractivity contribution >= 4 is 10.0 Å². The molecule has 20 heavy (non-hydrogen) atoms. The van der Waals surface area contributed by atoms with E-state index < -0.39 is 20.7 Å². The Hall–Kier alpha value is -1.34. The topological polar surface area (TPSA) is 64.6 Å². The molecule has 0 spiro atoms. The maximum Gasteiger partial charge on any atom is 0.243 e. The fourth-order valence-corrected chi connectivity index (χ4v) is 3.19. The zero-order valence-electron chi connectivity index (χ0n) is 11.6. The first-order valence-electron chi connectivity index (χ1n) is 6.30. The highest BCUT2D eigenvalue weighted by Crippen LogP contribution is 2.37. The number of hydrogen-bond donors (Lipinski definition) is 1. The van der Waals surface area contributed by atoms with Gasteiger partial charge in [0.1, 0.15) is 10.7 Å². The summed E-state index contributed by atoms with van der Waals surface area (Å²) in [5.74, 6) is 0.328. The molecule has 0 amide bonds. The smallest absolute Gasteiger partial charge is 0.243 e. The van der Waals surface area contributed by atoms with Crippen LogP contribution in [0.1, 0.15) is 13.3 Å². The molecule has 0 heterocycles. The number of nitrogens with one attached hydrogen (secondary N) is 1. The highest BCUT2D eigenvalue weighted by Gasteiger charge is 2.34. The minimum absolute atomic E-state index is 0.153. The Morgan fingerprint density at radius 3 is 2.35 bits per heavy atom. The lowest BCUT2D eigenvalue weighted by Gasteiger charge is -2.12. The molecule has 0 saturated heterocycles. The van der Waals surface area contributed by atoms with Crippen LogP contribution in [0.15, 0.2) is 17.0 Å². The molecule has 7 heteroatoms. The van der Waals surface area contributed by atoms with Gasteiger partial charge in [0, 0.05) is 18.7 Å². The van der Waals surface area contributed by atoms with Gasteiger partial charge in [0.2, 0.25) is 10.0 Å². The molecule has 1 aromatic carbocycles. The standard InChI is InChI=1S/C13H18FNO4S/c1-8-4-9(8)7-15-20(16,17)13-6-12(19-3)11(18-2)5-10(13)14/h5-6,8-9,15H,4,7H2,1-3H3/t8-,9-/m1/s1. The van der Waals surface area contributed by atoms with E-state index in [1.807, 2.05) is 0 Å². The highest BCUT2D eigenvalue weighted by atomic mass is 32.2. The molecule has 1 fully saturated rings. The van der Waals surface area contributed by atoms with Gasteiger partial charge in [0.15, 0.2) is 11.5 Å². The van der Waals surface area contributed by atoms with Crippen LogP contribution in [-0.4, -0.2) is 29.2 Å². The lowest BCUT2D eigenvalue weighted by atomic mass is 10.3. The van der Waals surface area contributed by atoms with Gasteiger partial charge < -0.3 is 9.47 Å². The first-order valence-corrected chi connectivity index (χ1v) is 7.78. The van der Waals surface area contributed by atoms with E-state index in [0.717, 1.165) is 18.6 Å². The lowest BCUT2D eigenvalue weighted by Crippen LogP contribution is -2.27. The second kappa shape index (κ2) is 5.57. The third kappa shape index (κ3) is 3.04. The predicted molar refractivity (Wildman–Crippen MR) is 72.0 cm³/mol. The van der Waals surface area contributed by atoms with Crippen molar-refractivity contribution in [3.63, 3.8) is 0 Å². The molecule has 0 aromatic heterocycles. The fraction of sp³-hybridized carbons (Fsp3) is 0.538. The van der Waals surface area contributed by atoms with E-state index in [2.05, 4.69) is 11.6 Å². The Bertz CT molecular complexity index is 603. The summed E-state index contributed by atoms with van der Waals surface area (Å²) in [5, 5.41) is 0. The van der Waals surface area contributed by atoms with Gasteiger partial charge in [-0.15, -0.1) is 0 Å². The van der Waals surface area contributed by atoms with Gasteiger partial charge in [-0.25, -0.2) is 17.5 Å². The first-order chi connectivity index (χ1) is 9.39. The molecule has 0 bridgehead atoms. The van der Waals surface area contributed by atoms with Crippen LogP contribution in [0.4, 0.5) is 4.39 Å². The quantitative estimate of drug-likeness (QED) is 0.870. The fourth-order valence-electron chi connectivity index (χ4n) is 2.02. The van der Waals surface area contributed by atoms with Gasteiger partial charge in [-0.05, 0) is 18.3 Å². The second-order valence-corrected chi connectivity index (χ2v) is 6.70. The van der Waals surface area contributed by atoms with E-state index >= 15 is 0 Å². The molecule has 0 aliphatic heterocycles. The Labute approximate surface area is 118 Å². The van der Waals surface area contributed by atoms with Crippen LogP contribution in [0.2, 0.25) is 0 Å². The summed E-state index contributed by atoms with van der Waals surface area (Å²) < 4.78 is 50.5. The number of benzene rings is 1. The molecule has 0 radical (unpaired) electrons. The third-order valence-electron chi connectivity index (χ3n) is 3.54. The van der Waals surface area contributed by atoms with E-state index in [1.54, 1.807) is 0 Å². The van der Waals surface area contributed by atoms with Crippen molar-refractivity contribution in [1.82, 2.24) is 4.72 Å². The maximum atomic E-state index is 13.9. The number of rotatable bonds is 6. The normalized spacial score (nSPS) is 21.6. The maximum absolute atomic E-state index is 13.9. The van der Waals surface area contributed by atoms with Gasteiger partial charge in [-0.2, -0.15) is 0 Å². The summed E-state index contributed by atoms with van der Waals surface area (Å²) in [6.45, 7) is 2.38. The molecule has 5 nitrogen and oxygen atoms in total. The monoisotopic (exact) mass is 303 g/mol. The van der Waals surface area contributed by atoms with Crippen LogP contribution in [0.5, 0.6) is 11.5 Å². The van der Waals surface area contributed by atoms with E-state index in [1.165, 1.54) is 14.2 Å². The van der Waals surface area contributed by atoms with Crippen LogP contribution < -0.4 is 14.2 Å². The predicted octanol–water partition coefficient (Wildman–Crippen LogP) is 1.78. The summed E-state index contributed by atoms with van der Waals surface area (Å²) >= 11 is 0. The van der Waals surface area contributed by atoms with Crippen molar-refractivity contribution < 1.29 is 22.3 Å². The van der Waals surface area contributed by atoms with Gasteiger partial charge in [0.05, 0.1) is 14.2 Å². The zero-order chi connectivity index (χ0) is 14.9. The number of halogens is 1. The number of methoxy groups -OCH3 is 2. The van der Waals surface area contributed by atoms with Gasteiger partial charge in [-0.1, -0.05) is 6.92 Å². The van der Waals surface area contributed by atoms with Crippen molar-refractivity contribution in [2.45, 2.75) is 18.2 Å². The summed E-state index contributed by atoms with van der Waals surface area (Å²) in [6, 6.07) is 2.14. The van der Waals surface area contributed by atoms with Crippen LogP contribution in [0.3, 0.4) is 0 Å². The van der Waals surface area contributed by atoms with E-state index in [0.29, 0.717) is 18.4 Å². The molecule has 1 aromatic rings. The molecular formula is C13H18FNO4S. The average Bonchev–Trinajstić information content (AvgIpc) is 3.12. The molecule has 2 atom stereocenters. The van der Waals surface area contributed by atoms with Gasteiger partial charge >= 0.3 is 0 Å². The Balaban J connectivity index is 2.25. The van der Waals surface area contributed by atoms with Crippen LogP contribution >= 0.6 is 0 Å². The van der Waals surface area contributed by atoms with Crippen molar-refractivity contribution in [3.8, 4) is 11.5 Å². The Morgan fingerprint density at radius 2 is 1.85 bits per heavy atom. The number of hydrogen-bond acceptors (Lipinski definition) is 4. The van der Waals surface area contributed by atoms with E-state index in [-0.39, 0.29) is 11.5 Å². The SMILES string of the molecule is COc1cc(F)c(S(=O)(=O)NC[C@H]2C[C@H]2C)cc1OC. The molecule has 0 unspecified atom stereocenters. The van der Waals surface area contributed by atoms with Crippen molar-refractivity contribution in [2.24, 2.45) is 11.8 Å². The van der Waals surface area contributed by atoms with Gasteiger partial charge in [-0.3, -0.25) is 0 Å². The minimum atomic E-state index is -3.89. The highest BCUT2D eigenvalue weighted by molar-refractivity contribution is 7.89. The van der Waals surface area contributed by atoms with Crippen LogP contribution in [-0.2, 0) is 10.0 Å². The first kappa shape index (κ1) is 15.1. The van der Waals surface area contributed by atoms with Gasteiger partial charge in [0.25, 0.3) is 0 Å². The molecule has 1 saturated carbocycles. The number of sulfonamides is 1. The summed E-state index contributed by atoms with van der Waals surface area (Å²) in [6.07, 6.45) is 0.997. The third-order valence-corrected chi connectivity index (χ3v) is 4.98. The number of ether oxygens (including phenoxy) is 2. The van der Waals surface area contributed by atoms with Crippen molar-refractivity contribution in [2.75, 3.05) is 20.8 Å². The summed E-state index contributed by atoms with van der Waals surface area (Å²) in [5.41, 5.74) is 0. The molecule has 2 rings (SSSR count). The van der Waals surface area contributed by atoms with Crippen molar-refractivity contribution in [1.29, 1.82) is 0 Å².